The van der Waals surface area contributed by atoms with E-state index in [9.17, 15) is 15.4 Å². The van der Waals surface area contributed by atoms with Crippen LogP contribution in [0.2, 0.25) is 0 Å². The van der Waals surface area contributed by atoms with Gasteiger partial charge in [0.1, 0.15) is 17.7 Å². The van der Waals surface area contributed by atoms with E-state index in [0.29, 0.717) is 44.0 Å². The molecule has 3 aliphatic carbocycles. The lowest BCUT2D eigenvalue weighted by Crippen LogP contribution is -2.79. The zero-order chi connectivity index (χ0) is 17.0. The Kier molecular flexibility index (Phi) is 2.57. The molecule has 2 heterocycles. The average molecular weight is 343 g/mol. The van der Waals surface area contributed by atoms with E-state index < -0.39 is 11.0 Å². The summed E-state index contributed by atoms with van der Waals surface area (Å²) in [5.41, 5.74) is 0.638. The van der Waals surface area contributed by atoms with Crippen molar-refractivity contribution in [1.82, 2.24) is 0 Å². The minimum atomic E-state index is -1.00. The zero-order valence-electron chi connectivity index (χ0n) is 14.4. The van der Waals surface area contributed by atoms with Gasteiger partial charge in [-0.2, -0.15) is 0 Å². The molecule has 2 unspecified atom stereocenters. The first-order valence-electron chi connectivity index (χ1n) is 9.80. The number of rotatable bonds is 2. The number of hydrogen-bond donors (Lipinski definition) is 2. The molecule has 5 heteroatoms. The molecule has 25 heavy (non-hydrogen) atoms. The predicted octanol–water partition coefficient (Wildman–Crippen LogP) is 2.36. The van der Waals surface area contributed by atoms with Crippen LogP contribution in [-0.4, -0.2) is 45.7 Å². The first-order chi connectivity index (χ1) is 12.0. The molecular formula is C20H25NO4. The van der Waals surface area contributed by atoms with Gasteiger partial charge in [-0.05, 0) is 43.7 Å². The number of hydrogen-bond acceptors (Lipinski definition) is 4. The van der Waals surface area contributed by atoms with E-state index in [1.165, 1.54) is 12.8 Å². The summed E-state index contributed by atoms with van der Waals surface area (Å²) in [4.78, 5) is 0. The van der Waals surface area contributed by atoms with Crippen LogP contribution in [-0.2, 0) is 11.8 Å². The predicted molar refractivity (Wildman–Crippen MR) is 91.2 cm³/mol. The number of phenolic OH excluding ortho intramolecular Hbond substituents is 1. The Labute approximate surface area is 147 Å². The van der Waals surface area contributed by atoms with Crippen molar-refractivity contribution in [3.05, 3.63) is 28.5 Å². The van der Waals surface area contributed by atoms with Crippen LogP contribution in [0, 0.1) is 11.1 Å². The van der Waals surface area contributed by atoms with E-state index >= 15 is 0 Å². The van der Waals surface area contributed by atoms with Gasteiger partial charge in [-0.25, -0.2) is 0 Å². The molecule has 3 fully saturated rings. The van der Waals surface area contributed by atoms with Gasteiger partial charge in [-0.1, -0.05) is 6.07 Å². The van der Waals surface area contributed by atoms with Gasteiger partial charge in [0, 0.05) is 24.3 Å². The van der Waals surface area contributed by atoms with Crippen molar-refractivity contribution in [2.75, 3.05) is 13.1 Å². The Morgan fingerprint density at radius 1 is 1.24 bits per heavy atom. The van der Waals surface area contributed by atoms with E-state index in [4.69, 9.17) is 4.74 Å². The maximum Gasteiger partial charge on any atom is 0.165 e. The summed E-state index contributed by atoms with van der Waals surface area (Å²) < 4.78 is 5.99. The third kappa shape index (κ3) is 1.57. The summed E-state index contributed by atoms with van der Waals surface area (Å²) in [6.45, 7) is 1.23. The van der Waals surface area contributed by atoms with Crippen LogP contribution < -0.4 is 4.74 Å². The largest absolute Gasteiger partial charge is 0.632 e. The summed E-state index contributed by atoms with van der Waals surface area (Å²) in [7, 11) is 0. The van der Waals surface area contributed by atoms with Gasteiger partial charge in [-0.15, -0.1) is 0 Å². The second-order valence-corrected chi connectivity index (χ2v) is 9.11. The number of likely N-dealkylation sites (tertiary alicyclic amines) is 1. The first kappa shape index (κ1) is 14.8. The van der Waals surface area contributed by atoms with Crippen molar-refractivity contribution in [3.63, 3.8) is 0 Å². The molecule has 2 bridgehead atoms. The summed E-state index contributed by atoms with van der Waals surface area (Å²) in [5.74, 6) is 1.30. The van der Waals surface area contributed by atoms with Crippen molar-refractivity contribution >= 4 is 0 Å². The zero-order valence-corrected chi connectivity index (χ0v) is 14.4. The van der Waals surface area contributed by atoms with Crippen LogP contribution in [0.1, 0.15) is 49.7 Å². The number of piperidine rings is 1. The fraction of sp³-hybridized carbons (Fsp3) is 0.700. The SMILES string of the molecule is [O-][N+]1(CC2CC2)CCC23c4c5ccc(O)c4O[C@H]2CCC[C@@]3(O)[C@H]1C5. The Hall–Kier alpha value is -1.30. The van der Waals surface area contributed by atoms with E-state index in [2.05, 4.69) is 0 Å². The molecule has 1 aromatic rings. The maximum absolute atomic E-state index is 13.9. The molecule has 0 amide bonds. The van der Waals surface area contributed by atoms with Crippen molar-refractivity contribution in [2.45, 2.75) is 68.1 Å². The molecule has 0 radical (unpaired) electrons. The van der Waals surface area contributed by atoms with Crippen molar-refractivity contribution in [3.8, 4) is 11.5 Å². The number of hydroxylamine groups is 3. The maximum atomic E-state index is 13.9. The molecule has 2 aliphatic heterocycles. The number of ether oxygens (including phenoxy) is 1. The number of quaternary nitrogens is 1. The Morgan fingerprint density at radius 3 is 2.88 bits per heavy atom. The molecule has 5 atom stereocenters. The Morgan fingerprint density at radius 2 is 2.08 bits per heavy atom. The average Bonchev–Trinajstić information content (AvgIpc) is 3.30. The Bertz CT molecular complexity index is 777. The number of aromatic hydroxyl groups is 1. The molecule has 134 valence electrons. The third-order valence-corrected chi connectivity index (χ3v) is 7.96. The van der Waals surface area contributed by atoms with E-state index in [0.717, 1.165) is 24.0 Å². The van der Waals surface area contributed by atoms with Crippen molar-refractivity contribution in [1.29, 1.82) is 0 Å². The van der Waals surface area contributed by atoms with Gasteiger partial charge in [0.15, 0.2) is 11.5 Å². The van der Waals surface area contributed by atoms with E-state index in [1.54, 1.807) is 6.07 Å². The molecule has 1 spiro atoms. The number of phenols is 1. The lowest BCUT2D eigenvalue weighted by molar-refractivity contribution is -0.924. The second kappa shape index (κ2) is 4.33. The molecule has 5 aliphatic rings. The highest BCUT2D eigenvalue weighted by atomic mass is 16.6. The van der Waals surface area contributed by atoms with Crippen LogP contribution in [0.5, 0.6) is 11.5 Å². The Balaban J connectivity index is 1.58. The monoisotopic (exact) mass is 343 g/mol. The molecule has 6 rings (SSSR count). The van der Waals surface area contributed by atoms with Gasteiger partial charge in [0.25, 0.3) is 0 Å². The summed E-state index contributed by atoms with van der Waals surface area (Å²) in [6, 6.07) is 3.36. The van der Waals surface area contributed by atoms with Crippen LogP contribution in [0.3, 0.4) is 0 Å². The quantitative estimate of drug-likeness (QED) is 0.639. The van der Waals surface area contributed by atoms with Crippen LogP contribution in [0.4, 0.5) is 0 Å². The topological polar surface area (TPSA) is 72.8 Å². The fourth-order valence-electron chi connectivity index (χ4n) is 6.75. The summed E-state index contributed by atoms with van der Waals surface area (Å²) in [5, 5.41) is 36.2. The fourth-order valence-corrected chi connectivity index (χ4v) is 6.75. The highest BCUT2D eigenvalue weighted by Crippen LogP contribution is 2.66. The minimum absolute atomic E-state index is 0.106. The van der Waals surface area contributed by atoms with Gasteiger partial charge in [0.2, 0.25) is 0 Å². The highest BCUT2D eigenvalue weighted by molar-refractivity contribution is 5.61. The highest BCUT2D eigenvalue weighted by Gasteiger charge is 2.74. The third-order valence-electron chi connectivity index (χ3n) is 7.96. The summed E-state index contributed by atoms with van der Waals surface area (Å²) in [6.07, 6.45) is 5.95. The molecule has 1 saturated heterocycles. The molecular weight excluding hydrogens is 318 g/mol. The van der Waals surface area contributed by atoms with Gasteiger partial charge in [0.05, 0.1) is 18.5 Å². The van der Waals surface area contributed by atoms with E-state index in [-0.39, 0.29) is 22.5 Å². The lowest BCUT2D eigenvalue weighted by Gasteiger charge is -2.67. The van der Waals surface area contributed by atoms with Crippen LogP contribution in [0.25, 0.3) is 0 Å². The molecule has 2 N–H and O–H groups in total. The normalized spacial score (nSPS) is 46.5. The molecule has 2 saturated carbocycles. The van der Waals surface area contributed by atoms with Crippen LogP contribution >= 0.6 is 0 Å². The van der Waals surface area contributed by atoms with Crippen LogP contribution in [0.15, 0.2) is 12.1 Å². The number of benzene rings is 1. The van der Waals surface area contributed by atoms with Gasteiger partial charge >= 0.3 is 0 Å². The number of aliphatic hydroxyl groups is 1. The van der Waals surface area contributed by atoms with Crippen molar-refractivity contribution < 1.29 is 19.6 Å². The lowest BCUT2D eigenvalue weighted by atomic mass is 9.49. The van der Waals surface area contributed by atoms with Gasteiger partial charge in [-0.3, -0.25) is 0 Å². The van der Waals surface area contributed by atoms with Crippen molar-refractivity contribution in [2.24, 2.45) is 5.92 Å². The first-order valence-corrected chi connectivity index (χ1v) is 9.80. The smallest absolute Gasteiger partial charge is 0.165 e. The number of nitrogens with zero attached hydrogens (tertiary/aromatic N) is 1. The standard InChI is InChI=1S/C20H25NO4/c22-14-6-5-13-10-15-20(23)7-1-2-16-19(20,17(13)18(14)25-16)8-9-21(15,24)11-12-3-4-12/h5-6,12,15-16,22-23H,1-4,7-11H2/t15-,16+,19?,20-,21?/m1/s1. The second-order valence-electron chi connectivity index (χ2n) is 9.11. The molecule has 5 nitrogen and oxygen atoms in total. The molecule has 1 aromatic carbocycles. The van der Waals surface area contributed by atoms with Gasteiger partial charge < -0.3 is 24.8 Å². The molecule has 0 aromatic heterocycles. The minimum Gasteiger partial charge on any atom is -0.632 e. The van der Waals surface area contributed by atoms with E-state index in [1.807, 2.05) is 6.07 Å². The summed E-state index contributed by atoms with van der Waals surface area (Å²) >= 11 is 0.